The second kappa shape index (κ2) is 4.47. The number of aliphatic hydroxyl groups excluding tert-OH is 1. The first-order valence-corrected chi connectivity index (χ1v) is 4.08. The highest BCUT2D eigenvalue weighted by molar-refractivity contribution is 5.02. The van der Waals surface area contributed by atoms with Crippen LogP contribution in [0.5, 0.6) is 0 Å². The molecule has 14 heavy (non-hydrogen) atoms. The van der Waals surface area contributed by atoms with Crippen molar-refractivity contribution in [3.8, 4) is 0 Å². The normalized spacial score (nSPS) is 14.3. The molecule has 0 aliphatic heterocycles. The van der Waals surface area contributed by atoms with E-state index in [2.05, 4.69) is 10.3 Å². The summed E-state index contributed by atoms with van der Waals surface area (Å²) in [5.74, 6) is 0. The van der Waals surface area contributed by atoms with Crippen LogP contribution in [0, 0.1) is 0 Å². The van der Waals surface area contributed by atoms with E-state index in [9.17, 15) is 13.2 Å². The van der Waals surface area contributed by atoms with Gasteiger partial charge >= 0.3 is 6.18 Å². The number of hydrogen-bond donors (Lipinski definition) is 3. The van der Waals surface area contributed by atoms with Gasteiger partial charge in [-0.15, -0.1) is 0 Å². The lowest BCUT2D eigenvalue weighted by molar-refractivity contribution is -0.201. The van der Waals surface area contributed by atoms with E-state index in [1.165, 1.54) is 0 Å². The number of aliphatic hydroxyl groups is 1. The summed E-state index contributed by atoms with van der Waals surface area (Å²) >= 11 is 0. The van der Waals surface area contributed by atoms with Gasteiger partial charge in [-0.25, -0.2) is 0 Å². The third kappa shape index (κ3) is 3.39. The van der Waals surface area contributed by atoms with Crippen LogP contribution in [0.3, 0.4) is 0 Å². The van der Waals surface area contributed by atoms with Crippen LogP contribution >= 0.6 is 0 Å². The van der Waals surface area contributed by atoms with E-state index in [4.69, 9.17) is 5.11 Å². The SMILES string of the molecule is OC(CNCc1ccc[nH]1)C(F)(F)F. The summed E-state index contributed by atoms with van der Waals surface area (Å²) in [4.78, 5) is 2.82. The molecule has 80 valence electrons. The molecule has 1 heterocycles. The van der Waals surface area contributed by atoms with E-state index in [1.807, 2.05) is 0 Å². The van der Waals surface area contributed by atoms with E-state index in [0.717, 1.165) is 5.69 Å². The number of aromatic nitrogens is 1. The molecule has 1 aromatic rings. The van der Waals surface area contributed by atoms with E-state index in [0.29, 0.717) is 0 Å². The summed E-state index contributed by atoms with van der Waals surface area (Å²) in [6.45, 7) is -0.220. The minimum absolute atomic E-state index is 0.278. The van der Waals surface area contributed by atoms with Gasteiger partial charge in [0.05, 0.1) is 0 Å². The van der Waals surface area contributed by atoms with Crippen molar-refractivity contribution in [3.05, 3.63) is 24.0 Å². The Morgan fingerprint density at radius 2 is 2.21 bits per heavy atom. The molecule has 0 aliphatic carbocycles. The molecule has 1 aromatic heterocycles. The third-order valence-corrected chi connectivity index (χ3v) is 1.69. The van der Waals surface area contributed by atoms with Crippen LogP contribution in [0.4, 0.5) is 13.2 Å². The van der Waals surface area contributed by atoms with Crippen molar-refractivity contribution in [2.75, 3.05) is 6.54 Å². The summed E-state index contributed by atoms with van der Waals surface area (Å²) in [5, 5.41) is 11.1. The van der Waals surface area contributed by atoms with Crippen molar-refractivity contribution in [2.24, 2.45) is 0 Å². The van der Waals surface area contributed by atoms with Gasteiger partial charge in [-0.1, -0.05) is 0 Å². The number of rotatable bonds is 4. The van der Waals surface area contributed by atoms with Gasteiger partial charge in [0.25, 0.3) is 0 Å². The highest BCUT2D eigenvalue weighted by atomic mass is 19.4. The molecule has 0 saturated carbocycles. The Hall–Kier alpha value is -1.01. The van der Waals surface area contributed by atoms with Crippen molar-refractivity contribution >= 4 is 0 Å². The molecule has 6 heteroatoms. The lowest BCUT2D eigenvalue weighted by atomic mass is 10.3. The van der Waals surface area contributed by atoms with Gasteiger partial charge in [-0.05, 0) is 12.1 Å². The lowest BCUT2D eigenvalue weighted by Gasteiger charge is -2.14. The Morgan fingerprint density at radius 3 is 2.71 bits per heavy atom. The van der Waals surface area contributed by atoms with E-state index < -0.39 is 18.8 Å². The predicted molar refractivity (Wildman–Crippen MR) is 44.6 cm³/mol. The largest absolute Gasteiger partial charge is 0.415 e. The second-order valence-corrected chi connectivity index (χ2v) is 2.88. The average Bonchev–Trinajstić information content (AvgIpc) is 2.55. The first-order chi connectivity index (χ1) is 6.50. The zero-order chi connectivity index (χ0) is 10.6. The van der Waals surface area contributed by atoms with Crippen molar-refractivity contribution in [1.82, 2.24) is 10.3 Å². The molecule has 0 bridgehead atoms. The molecular weight excluding hydrogens is 197 g/mol. The van der Waals surface area contributed by atoms with Gasteiger partial charge in [0, 0.05) is 25.0 Å². The zero-order valence-corrected chi connectivity index (χ0v) is 7.30. The molecule has 1 atom stereocenters. The lowest BCUT2D eigenvalue weighted by Crippen LogP contribution is -2.38. The fourth-order valence-electron chi connectivity index (χ4n) is 0.937. The Morgan fingerprint density at radius 1 is 1.50 bits per heavy atom. The summed E-state index contributed by atoms with van der Waals surface area (Å²) in [5.41, 5.74) is 0.777. The maximum atomic E-state index is 11.8. The molecular formula is C8H11F3N2O. The molecule has 0 aromatic carbocycles. The van der Waals surface area contributed by atoms with Gasteiger partial charge in [0.15, 0.2) is 6.10 Å². The number of H-pyrrole nitrogens is 1. The Bertz CT molecular complexity index is 258. The molecule has 0 amide bonds. The van der Waals surface area contributed by atoms with E-state index in [-0.39, 0.29) is 6.54 Å². The number of alkyl halides is 3. The molecule has 3 N–H and O–H groups in total. The fraction of sp³-hybridized carbons (Fsp3) is 0.500. The van der Waals surface area contributed by atoms with Gasteiger partial charge in [-0.2, -0.15) is 13.2 Å². The summed E-state index contributed by atoms with van der Waals surface area (Å²) < 4.78 is 35.5. The van der Waals surface area contributed by atoms with E-state index >= 15 is 0 Å². The standard InChI is InChI=1S/C8H11F3N2O/c9-8(10,11)7(14)5-12-4-6-2-1-3-13-6/h1-3,7,12-14H,4-5H2. The van der Waals surface area contributed by atoms with Crippen LogP contribution in [0.25, 0.3) is 0 Å². The Kier molecular flexibility index (Phi) is 3.54. The number of hydrogen-bond acceptors (Lipinski definition) is 2. The summed E-state index contributed by atoms with van der Waals surface area (Å²) in [6.07, 6.45) is -5.18. The molecule has 0 fully saturated rings. The van der Waals surface area contributed by atoms with Crippen molar-refractivity contribution in [1.29, 1.82) is 0 Å². The van der Waals surface area contributed by atoms with Crippen LogP contribution in [0.2, 0.25) is 0 Å². The molecule has 0 radical (unpaired) electrons. The van der Waals surface area contributed by atoms with Crippen LogP contribution < -0.4 is 5.32 Å². The van der Waals surface area contributed by atoms with E-state index in [1.54, 1.807) is 18.3 Å². The Labute approximate surface area is 78.9 Å². The fourth-order valence-corrected chi connectivity index (χ4v) is 0.937. The van der Waals surface area contributed by atoms with Crippen LogP contribution in [-0.2, 0) is 6.54 Å². The predicted octanol–water partition coefficient (Wildman–Crippen LogP) is 1.03. The molecule has 1 rings (SSSR count). The summed E-state index contributed by atoms with van der Waals surface area (Å²) in [6, 6.07) is 3.49. The van der Waals surface area contributed by atoms with Crippen molar-refractivity contribution in [3.63, 3.8) is 0 Å². The maximum absolute atomic E-state index is 11.8. The van der Waals surface area contributed by atoms with Gasteiger partial charge in [0.2, 0.25) is 0 Å². The zero-order valence-electron chi connectivity index (χ0n) is 7.30. The topological polar surface area (TPSA) is 48.0 Å². The molecule has 0 spiro atoms. The minimum Gasteiger partial charge on any atom is -0.382 e. The number of aromatic amines is 1. The second-order valence-electron chi connectivity index (χ2n) is 2.88. The highest BCUT2D eigenvalue weighted by Crippen LogP contribution is 2.19. The first kappa shape index (κ1) is 11.1. The smallest absolute Gasteiger partial charge is 0.382 e. The molecule has 0 saturated heterocycles. The van der Waals surface area contributed by atoms with Crippen molar-refractivity contribution < 1.29 is 18.3 Å². The number of halogens is 3. The monoisotopic (exact) mass is 208 g/mol. The number of nitrogens with one attached hydrogen (secondary N) is 2. The molecule has 3 nitrogen and oxygen atoms in total. The minimum atomic E-state index is -4.55. The Balaban J connectivity index is 2.22. The summed E-state index contributed by atoms with van der Waals surface area (Å²) in [7, 11) is 0. The first-order valence-electron chi connectivity index (χ1n) is 4.08. The van der Waals surface area contributed by atoms with Crippen molar-refractivity contribution in [2.45, 2.75) is 18.8 Å². The third-order valence-electron chi connectivity index (χ3n) is 1.69. The highest BCUT2D eigenvalue weighted by Gasteiger charge is 2.37. The van der Waals surface area contributed by atoms with Gasteiger partial charge < -0.3 is 15.4 Å². The maximum Gasteiger partial charge on any atom is 0.415 e. The van der Waals surface area contributed by atoms with Crippen LogP contribution in [0.1, 0.15) is 5.69 Å². The van der Waals surface area contributed by atoms with Crippen LogP contribution in [-0.4, -0.2) is 28.9 Å². The molecule has 1 unspecified atom stereocenters. The molecule has 0 aliphatic rings. The van der Waals surface area contributed by atoms with Gasteiger partial charge in [0.1, 0.15) is 0 Å². The van der Waals surface area contributed by atoms with Crippen LogP contribution in [0.15, 0.2) is 18.3 Å². The quantitative estimate of drug-likeness (QED) is 0.692. The van der Waals surface area contributed by atoms with Gasteiger partial charge in [-0.3, -0.25) is 0 Å². The average molecular weight is 208 g/mol.